The molecule has 0 bridgehead atoms. The van der Waals surface area contributed by atoms with Gasteiger partial charge < -0.3 is 14.8 Å². The Morgan fingerprint density at radius 1 is 1.09 bits per heavy atom. The van der Waals surface area contributed by atoms with Crippen molar-refractivity contribution in [3.63, 3.8) is 0 Å². The molecule has 0 amide bonds. The fraction of sp³-hybridized carbons (Fsp3) is 0.647. The van der Waals surface area contributed by atoms with E-state index in [1.54, 1.807) is 0 Å². The molecule has 5 heteroatoms. The monoisotopic (exact) mass is 326 g/mol. The predicted octanol–water partition coefficient (Wildman–Crippen LogP) is 1.90. The molecule has 1 heterocycles. The normalized spacial score (nSPS) is 17.8. The molecule has 0 saturated carbocycles. The molecule has 0 unspecified atom stereocenters. The number of fused-ring (bicyclic) bond motifs is 1. The third kappa shape index (κ3) is 5.13. The lowest BCUT2D eigenvalue weighted by Gasteiger charge is -2.26. The number of nitrogens with one attached hydrogen (secondary N) is 1. The maximum Gasteiger partial charge on any atom is 0.119 e. The Kier molecular flexibility index (Phi) is 7.46. The molecule has 3 rings (SSSR count). The Balaban J connectivity index is 0.00000176. The van der Waals surface area contributed by atoms with E-state index in [1.807, 2.05) is 0 Å². The summed E-state index contributed by atoms with van der Waals surface area (Å²) in [5.41, 5.74) is 2.98. The lowest BCUT2D eigenvalue weighted by molar-refractivity contribution is 0.0383. The fourth-order valence-electron chi connectivity index (χ4n) is 3.07. The summed E-state index contributed by atoms with van der Waals surface area (Å²) in [4.78, 5) is 2.44. The molecule has 124 valence electrons. The highest BCUT2D eigenvalue weighted by Crippen LogP contribution is 2.25. The van der Waals surface area contributed by atoms with Crippen LogP contribution in [0.15, 0.2) is 18.2 Å². The van der Waals surface area contributed by atoms with Gasteiger partial charge in [0.25, 0.3) is 0 Å². The van der Waals surface area contributed by atoms with E-state index in [4.69, 9.17) is 9.47 Å². The summed E-state index contributed by atoms with van der Waals surface area (Å²) >= 11 is 0. The highest BCUT2D eigenvalue weighted by Gasteiger charge is 2.11. The second-order valence-corrected chi connectivity index (χ2v) is 5.84. The van der Waals surface area contributed by atoms with Crippen LogP contribution < -0.4 is 10.1 Å². The second-order valence-electron chi connectivity index (χ2n) is 5.84. The molecule has 2 aliphatic rings. The molecule has 22 heavy (non-hydrogen) atoms. The number of halogens is 1. The minimum Gasteiger partial charge on any atom is -0.492 e. The molecule has 1 aromatic carbocycles. The molecule has 4 nitrogen and oxygen atoms in total. The maximum absolute atomic E-state index is 5.83. The maximum atomic E-state index is 5.83. The smallest absolute Gasteiger partial charge is 0.119 e. The molecule has 1 fully saturated rings. The Labute approximate surface area is 139 Å². The van der Waals surface area contributed by atoms with Gasteiger partial charge in [-0.25, -0.2) is 0 Å². The Hall–Kier alpha value is -0.810. The number of hydrogen-bond donors (Lipinski definition) is 1. The van der Waals surface area contributed by atoms with Gasteiger partial charge in [-0.05, 0) is 42.5 Å². The van der Waals surface area contributed by atoms with Crippen LogP contribution in [-0.2, 0) is 17.6 Å². The molecule has 1 N–H and O–H groups in total. The van der Waals surface area contributed by atoms with Crippen LogP contribution in [0.3, 0.4) is 0 Å². The summed E-state index contributed by atoms with van der Waals surface area (Å²) in [5, 5.41) is 3.45. The van der Waals surface area contributed by atoms with Gasteiger partial charge in [0.1, 0.15) is 12.4 Å². The zero-order valence-electron chi connectivity index (χ0n) is 13.2. The van der Waals surface area contributed by atoms with E-state index in [-0.39, 0.29) is 12.4 Å². The predicted molar refractivity (Wildman–Crippen MR) is 91.3 cm³/mol. The lowest BCUT2D eigenvalue weighted by atomic mass is 10.1. The molecule has 0 spiro atoms. The van der Waals surface area contributed by atoms with Gasteiger partial charge in [0.05, 0.1) is 13.2 Å². The van der Waals surface area contributed by atoms with E-state index < -0.39 is 0 Å². The fourth-order valence-corrected chi connectivity index (χ4v) is 3.07. The van der Waals surface area contributed by atoms with Crippen LogP contribution in [0, 0.1) is 0 Å². The van der Waals surface area contributed by atoms with E-state index in [1.165, 1.54) is 30.4 Å². The minimum absolute atomic E-state index is 0. The first-order valence-corrected chi connectivity index (χ1v) is 8.17. The molecule has 0 aromatic heterocycles. The van der Waals surface area contributed by atoms with Crippen LogP contribution in [0.1, 0.15) is 17.5 Å². The van der Waals surface area contributed by atoms with Gasteiger partial charge in [0, 0.05) is 32.7 Å². The van der Waals surface area contributed by atoms with Crippen LogP contribution in [0.25, 0.3) is 0 Å². The van der Waals surface area contributed by atoms with Crippen LogP contribution in [0.4, 0.5) is 0 Å². The van der Waals surface area contributed by atoms with Gasteiger partial charge in [0.15, 0.2) is 0 Å². The average Bonchev–Trinajstić information content (AvgIpc) is 2.99. The van der Waals surface area contributed by atoms with Crippen molar-refractivity contribution in [1.82, 2.24) is 10.2 Å². The number of rotatable bonds is 7. The van der Waals surface area contributed by atoms with Crippen molar-refractivity contribution in [3.8, 4) is 5.75 Å². The van der Waals surface area contributed by atoms with Crippen molar-refractivity contribution in [2.75, 3.05) is 52.5 Å². The van der Waals surface area contributed by atoms with Crippen LogP contribution in [-0.4, -0.2) is 57.4 Å². The first kappa shape index (κ1) is 17.5. The van der Waals surface area contributed by atoms with Crippen LogP contribution in [0.2, 0.25) is 0 Å². The van der Waals surface area contributed by atoms with Crippen molar-refractivity contribution in [3.05, 3.63) is 29.3 Å². The number of ether oxygens (including phenoxy) is 2. The summed E-state index contributed by atoms with van der Waals surface area (Å²) < 4.78 is 11.2. The van der Waals surface area contributed by atoms with E-state index in [0.717, 1.165) is 58.3 Å². The first-order valence-electron chi connectivity index (χ1n) is 8.17. The van der Waals surface area contributed by atoms with Crippen molar-refractivity contribution in [1.29, 1.82) is 0 Å². The van der Waals surface area contributed by atoms with Gasteiger partial charge in [0.2, 0.25) is 0 Å². The summed E-state index contributed by atoms with van der Waals surface area (Å²) in [6.45, 7) is 7.64. The summed E-state index contributed by atoms with van der Waals surface area (Å²) in [7, 11) is 0. The Morgan fingerprint density at radius 3 is 2.77 bits per heavy atom. The molecular weight excluding hydrogens is 300 g/mol. The molecular formula is C17H27ClN2O2. The number of aryl methyl sites for hydroxylation is 2. The van der Waals surface area contributed by atoms with Gasteiger partial charge in [-0.2, -0.15) is 0 Å². The quantitative estimate of drug-likeness (QED) is 0.776. The second kappa shape index (κ2) is 9.36. The zero-order valence-corrected chi connectivity index (χ0v) is 14.0. The van der Waals surface area contributed by atoms with Crippen molar-refractivity contribution in [2.45, 2.75) is 19.3 Å². The highest BCUT2D eigenvalue weighted by molar-refractivity contribution is 5.85. The van der Waals surface area contributed by atoms with E-state index in [9.17, 15) is 0 Å². The largest absolute Gasteiger partial charge is 0.492 e. The highest BCUT2D eigenvalue weighted by atomic mass is 35.5. The van der Waals surface area contributed by atoms with Gasteiger partial charge in [-0.1, -0.05) is 6.07 Å². The number of morpholine rings is 1. The molecule has 0 radical (unpaired) electrons. The van der Waals surface area contributed by atoms with Gasteiger partial charge in [-0.15, -0.1) is 12.4 Å². The number of benzene rings is 1. The zero-order chi connectivity index (χ0) is 14.3. The van der Waals surface area contributed by atoms with Gasteiger partial charge in [-0.3, -0.25) is 4.90 Å². The summed E-state index contributed by atoms with van der Waals surface area (Å²) in [6.07, 6.45) is 3.74. The molecule has 0 atom stereocenters. The van der Waals surface area contributed by atoms with Crippen molar-refractivity contribution >= 4 is 12.4 Å². The average molecular weight is 327 g/mol. The van der Waals surface area contributed by atoms with Crippen molar-refractivity contribution in [2.24, 2.45) is 0 Å². The van der Waals surface area contributed by atoms with E-state index in [0.29, 0.717) is 0 Å². The molecule has 1 aliphatic carbocycles. The third-order valence-corrected chi connectivity index (χ3v) is 4.33. The van der Waals surface area contributed by atoms with Gasteiger partial charge >= 0.3 is 0 Å². The standard InChI is InChI=1S/C17H26N2O2.ClH/c1-2-15-4-5-17(14-16(15)3-1)21-11-7-18-6-8-19-9-12-20-13-10-19;/h4-5,14,18H,1-3,6-13H2;1H. The minimum atomic E-state index is 0. The Bertz CT molecular complexity index is 450. The first-order chi connectivity index (χ1) is 10.4. The van der Waals surface area contributed by atoms with E-state index >= 15 is 0 Å². The topological polar surface area (TPSA) is 33.7 Å². The Morgan fingerprint density at radius 2 is 1.91 bits per heavy atom. The van der Waals surface area contributed by atoms with Crippen LogP contribution in [0.5, 0.6) is 5.75 Å². The van der Waals surface area contributed by atoms with Crippen molar-refractivity contribution < 1.29 is 9.47 Å². The number of hydrogen-bond acceptors (Lipinski definition) is 4. The molecule has 1 aromatic rings. The van der Waals surface area contributed by atoms with Crippen LogP contribution >= 0.6 is 12.4 Å². The number of nitrogens with zero attached hydrogens (tertiary/aromatic N) is 1. The molecule has 1 saturated heterocycles. The third-order valence-electron chi connectivity index (χ3n) is 4.33. The summed E-state index contributed by atoms with van der Waals surface area (Å²) in [6, 6.07) is 6.55. The lowest BCUT2D eigenvalue weighted by Crippen LogP contribution is -2.40. The molecule has 1 aliphatic heterocycles. The SMILES string of the molecule is Cl.c1cc2c(cc1OCCNCCN1CCOCC1)CCC2. The summed E-state index contributed by atoms with van der Waals surface area (Å²) in [5.74, 6) is 1.02. The van der Waals surface area contributed by atoms with E-state index in [2.05, 4.69) is 28.4 Å².